The van der Waals surface area contributed by atoms with Gasteiger partial charge in [-0.05, 0) is 18.6 Å². The molecule has 0 aromatic rings. The Bertz CT molecular complexity index is 1180. The minimum atomic E-state index is -2.13. The zero-order valence-electron chi connectivity index (χ0n) is 23.5. The van der Waals surface area contributed by atoms with E-state index in [1.807, 2.05) is 0 Å². The maximum Gasteiger partial charge on any atom is 0.303 e. The number of ketones is 2. The summed E-state index contributed by atoms with van der Waals surface area (Å²) in [7, 11) is 0. The van der Waals surface area contributed by atoms with Crippen molar-refractivity contribution < 1.29 is 52.8 Å². The number of ether oxygens (including phenoxy) is 4. The molecule has 11 nitrogen and oxygen atoms in total. The van der Waals surface area contributed by atoms with E-state index < -0.39 is 88.1 Å². The van der Waals surface area contributed by atoms with Gasteiger partial charge in [-0.15, -0.1) is 0 Å². The maximum atomic E-state index is 14.3. The van der Waals surface area contributed by atoms with Gasteiger partial charge in [-0.3, -0.25) is 28.8 Å². The Morgan fingerprint density at radius 1 is 0.897 bits per heavy atom. The molecule has 0 saturated heterocycles. The maximum absolute atomic E-state index is 14.3. The highest BCUT2D eigenvalue weighted by atomic mass is 16.6. The van der Waals surface area contributed by atoms with E-state index in [1.54, 1.807) is 26.8 Å². The highest BCUT2D eigenvalue weighted by Gasteiger charge is 2.72. The molecular weight excluding hydrogens is 512 g/mol. The normalized spacial score (nSPS) is 38.0. The first-order valence-electron chi connectivity index (χ1n) is 12.7. The third-order valence-electron chi connectivity index (χ3n) is 7.94. The van der Waals surface area contributed by atoms with E-state index in [0.29, 0.717) is 0 Å². The lowest BCUT2D eigenvalue weighted by Crippen LogP contribution is -2.56. The smallest absolute Gasteiger partial charge is 0.303 e. The minimum Gasteiger partial charge on any atom is -0.458 e. The molecular formula is C28H36O11. The molecule has 214 valence electrons. The van der Waals surface area contributed by atoms with Crippen molar-refractivity contribution in [3.63, 3.8) is 0 Å². The largest absolute Gasteiger partial charge is 0.458 e. The fraction of sp³-hybridized carbons (Fsp3) is 0.643. The third-order valence-corrected chi connectivity index (χ3v) is 7.94. The van der Waals surface area contributed by atoms with Crippen LogP contribution in [0.4, 0.5) is 0 Å². The molecule has 0 unspecified atom stereocenters. The van der Waals surface area contributed by atoms with Crippen molar-refractivity contribution in [1.29, 1.82) is 0 Å². The number of esters is 4. The molecule has 1 N–H and O–H groups in total. The standard InChI is InChI=1S/C28H36O11/c1-14-9-10-25(6,7)28(35)12-19(11-20(28)33)22(36-15(2)29)21-24(37-16(3)30)26(8,38-17(4)31)13-27(21,23(14)34)39-18(5)32/h9-11,14,21-22,24,35H,12-13H2,1-8H3/b10-9+/t14-,21+,22+,24-,26-,27-,28-/m0/s1. The first kappa shape index (κ1) is 30.2. The van der Waals surface area contributed by atoms with E-state index in [4.69, 9.17) is 18.9 Å². The van der Waals surface area contributed by atoms with Crippen molar-refractivity contribution in [2.75, 3.05) is 0 Å². The summed E-state index contributed by atoms with van der Waals surface area (Å²) in [6.45, 7) is 10.7. The van der Waals surface area contributed by atoms with Gasteiger partial charge in [0.25, 0.3) is 0 Å². The SMILES string of the molecule is CC(=O)O[C@@H]1C2=CC(=O)[C@@](O)(C2)C(C)(C)/C=C/[C@H](C)C(=O)[C@]2(OC(C)=O)C[C@](C)(OC(C)=O)[C@@H](OC(C)=O)[C@@H]12. The van der Waals surface area contributed by atoms with Gasteiger partial charge in [0, 0.05) is 51.9 Å². The van der Waals surface area contributed by atoms with Crippen LogP contribution in [0.2, 0.25) is 0 Å². The van der Waals surface area contributed by atoms with Crippen molar-refractivity contribution >= 4 is 35.4 Å². The van der Waals surface area contributed by atoms with Gasteiger partial charge >= 0.3 is 23.9 Å². The van der Waals surface area contributed by atoms with E-state index in [9.17, 15) is 33.9 Å². The van der Waals surface area contributed by atoms with Crippen LogP contribution in [0, 0.1) is 17.3 Å². The fourth-order valence-corrected chi connectivity index (χ4v) is 6.23. The Balaban J connectivity index is 2.45. The molecule has 11 heteroatoms. The van der Waals surface area contributed by atoms with Crippen molar-refractivity contribution in [3.05, 3.63) is 23.8 Å². The van der Waals surface area contributed by atoms with Gasteiger partial charge in [0.1, 0.15) is 11.7 Å². The molecule has 39 heavy (non-hydrogen) atoms. The van der Waals surface area contributed by atoms with Crippen molar-refractivity contribution in [1.82, 2.24) is 0 Å². The molecule has 0 heterocycles. The molecule has 0 aliphatic heterocycles. The average Bonchev–Trinajstić information content (AvgIpc) is 3.20. The molecule has 1 fully saturated rings. The monoisotopic (exact) mass is 548 g/mol. The molecule has 3 aliphatic carbocycles. The summed E-state index contributed by atoms with van der Waals surface area (Å²) in [5.74, 6) is -6.90. The second kappa shape index (κ2) is 10.0. The van der Waals surface area contributed by atoms with Crippen LogP contribution in [0.25, 0.3) is 0 Å². The van der Waals surface area contributed by atoms with Crippen molar-refractivity contribution in [2.45, 2.75) is 97.2 Å². The third kappa shape index (κ3) is 5.16. The van der Waals surface area contributed by atoms with Crippen LogP contribution in [-0.2, 0) is 47.7 Å². The second-order valence-electron chi connectivity index (χ2n) is 11.5. The van der Waals surface area contributed by atoms with Gasteiger partial charge < -0.3 is 24.1 Å². The molecule has 3 aliphatic rings. The summed E-state index contributed by atoms with van der Waals surface area (Å²) in [6, 6.07) is 0. The molecule has 1 saturated carbocycles. The molecule has 0 amide bonds. The summed E-state index contributed by atoms with van der Waals surface area (Å²) >= 11 is 0. The first-order chi connectivity index (χ1) is 17.8. The predicted octanol–water partition coefficient (Wildman–Crippen LogP) is 1.92. The van der Waals surface area contributed by atoms with Crippen LogP contribution < -0.4 is 0 Å². The second-order valence-corrected chi connectivity index (χ2v) is 11.5. The molecule has 7 atom stereocenters. The van der Waals surface area contributed by atoms with Crippen LogP contribution in [0.1, 0.15) is 68.2 Å². The Morgan fingerprint density at radius 3 is 1.97 bits per heavy atom. The van der Waals surface area contributed by atoms with E-state index in [2.05, 4.69) is 0 Å². The number of carbonyl (C=O) groups excluding carboxylic acids is 6. The fourth-order valence-electron chi connectivity index (χ4n) is 6.23. The van der Waals surface area contributed by atoms with Gasteiger partial charge in [0.15, 0.2) is 28.9 Å². The first-order valence-corrected chi connectivity index (χ1v) is 12.7. The minimum absolute atomic E-state index is 0.132. The number of aliphatic hydroxyl groups is 1. The van der Waals surface area contributed by atoms with Gasteiger partial charge in [-0.2, -0.15) is 0 Å². The molecule has 0 radical (unpaired) electrons. The predicted molar refractivity (Wildman–Crippen MR) is 134 cm³/mol. The summed E-state index contributed by atoms with van der Waals surface area (Å²) in [6.07, 6.45) is 0.550. The lowest BCUT2D eigenvalue weighted by atomic mass is 9.71. The van der Waals surface area contributed by atoms with Gasteiger partial charge in [0.2, 0.25) is 0 Å². The quantitative estimate of drug-likeness (QED) is 0.311. The Hall–Kier alpha value is -3.34. The van der Waals surface area contributed by atoms with Crippen LogP contribution in [0.15, 0.2) is 23.8 Å². The van der Waals surface area contributed by atoms with Crippen LogP contribution >= 0.6 is 0 Å². The van der Waals surface area contributed by atoms with Gasteiger partial charge in [-0.1, -0.05) is 32.9 Å². The lowest BCUT2D eigenvalue weighted by molar-refractivity contribution is -0.189. The number of fused-ring (bicyclic) bond motifs is 3. The average molecular weight is 549 g/mol. The Morgan fingerprint density at radius 2 is 1.46 bits per heavy atom. The number of carbonyl (C=O) groups is 6. The Kier molecular flexibility index (Phi) is 7.75. The van der Waals surface area contributed by atoms with Gasteiger partial charge in [0.05, 0.1) is 5.92 Å². The summed E-state index contributed by atoms with van der Waals surface area (Å²) in [4.78, 5) is 77.1. The molecule has 3 rings (SSSR count). The van der Waals surface area contributed by atoms with Crippen molar-refractivity contribution in [3.8, 4) is 0 Å². The zero-order chi connectivity index (χ0) is 29.7. The van der Waals surface area contributed by atoms with E-state index >= 15 is 0 Å². The number of hydrogen-bond donors (Lipinski definition) is 1. The molecule has 0 aromatic heterocycles. The molecule has 0 spiro atoms. The van der Waals surface area contributed by atoms with E-state index in [0.717, 1.165) is 33.8 Å². The van der Waals surface area contributed by atoms with Gasteiger partial charge in [-0.25, -0.2) is 0 Å². The van der Waals surface area contributed by atoms with E-state index in [-0.39, 0.29) is 12.0 Å². The number of Topliss-reactive ketones (excluding diaryl/α,β-unsaturated/α-hetero) is 1. The van der Waals surface area contributed by atoms with Crippen molar-refractivity contribution in [2.24, 2.45) is 17.3 Å². The van der Waals surface area contributed by atoms with Crippen LogP contribution in [0.5, 0.6) is 0 Å². The summed E-state index contributed by atoms with van der Waals surface area (Å²) < 4.78 is 22.8. The highest BCUT2D eigenvalue weighted by Crippen LogP contribution is 2.55. The number of allylic oxidation sites excluding steroid dienone is 1. The topological polar surface area (TPSA) is 160 Å². The Labute approximate surface area is 226 Å². The van der Waals surface area contributed by atoms with Crippen LogP contribution in [0.3, 0.4) is 0 Å². The summed E-state index contributed by atoms with van der Waals surface area (Å²) in [5, 5.41) is 11.6. The molecule has 2 bridgehead atoms. The molecule has 0 aromatic carbocycles. The van der Waals surface area contributed by atoms with E-state index in [1.165, 1.54) is 13.0 Å². The highest BCUT2D eigenvalue weighted by molar-refractivity contribution is 6.02. The lowest BCUT2D eigenvalue weighted by Gasteiger charge is -2.40. The van der Waals surface area contributed by atoms with Crippen LogP contribution in [-0.4, -0.2) is 69.6 Å². The zero-order valence-corrected chi connectivity index (χ0v) is 23.5. The number of rotatable bonds is 4. The summed E-state index contributed by atoms with van der Waals surface area (Å²) in [5.41, 5.74) is -6.82. The number of hydrogen-bond acceptors (Lipinski definition) is 11.